The number of rotatable bonds is 3. The average molecular weight is 297 g/mol. The van der Waals surface area contributed by atoms with Gasteiger partial charge in [0.1, 0.15) is 5.60 Å². The number of halogens is 1. The van der Waals surface area contributed by atoms with Gasteiger partial charge in [-0.1, -0.05) is 23.7 Å². The Labute approximate surface area is 125 Å². The van der Waals surface area contributed by atoms with E-state index in [0.29, 0.717) is 16.5 Å². The van der Waals surface area contributed by atoms with Crippen molar-refractivity contribution in [3.63, 3.8) is 0 Å². The van der Waals surface area contributed by atoms with E-state index >= 15 is 0 Å². The number of piperidine rings is 1. The third kappa shape index (κ3) is 3.33. The number of carbonyl (C=O) groups is 1. The minimum Gasteiger partial charge on any atom is -0.456 e. The zero-order valence-corrected chi connectivity index (χ0v) is 13.2. The van der Waals surface area contributed by atoms with E-state index in [1.165, 1.54) is 0 Å². The first kappa shape index (κ1) is 15.3. The van der Waals surface area contributed by atoms with Crippen LogP contribution >= 0.6 is 11.6 Å². The van der Waals surface area contributed by atoms with Gasteiger partial charge in [-0.3, -0.25) is 0 Å². The quantitative estimate of drug-likeness (QED) is 0.871. The molecule has 4 heteroatoms. The van der Waals surface area contributed by atoms with E-state index in [2.05, 4.69) is 5.32 Å². The Morgan fingerprint density at radius 2 is 2.00 bits per heavy atom. The summed E-state index contributed by atoms with van der Waals surface area (Å²) in [6, 6.07) is 5.45. The molecule has 1 heterocycles. The van der Waals surface area contributed by atoms with Crippen molar-refractivity contribution in [2.75, 3.05) is 13.1 Å². The predicted octanol–water partition coefficient (Wildman–Crippen LogP) is 2.56. The molecule has 0 aliphatic carbocycles. The first-order valence-electron chi connectivity index (χ1n) is 7.22. The van der Waals surface area contributed by atoms with Gasteiger partial charge in [0.05, 0.1) is 23.7 Å². The monoisotopic (exact) mass is 296 g/mol. The number of benzene rings is 1. The fourth-order valence-corrected chi connectivity index (χ4v) is 3.18. The molecule has 2 rings (SSSR count). The summed E-state index contributed by atoms with van der Waals surface area (Å²) in [5.74, 6) is 0.104. The number of hydrogen-bond donors (Lipinski definition) is 1. The number of esters is 1. The Morgan fingerprint density at radius 3 is 2.60 bits per heavy atom. The van der Waals surface area contributed by atoms with Gasteiger partial charge in [0.25, 0.3) is 0 Å². The van der Waals surface area contributed by atoms with E-state index in [9.17, 15) is 4.79 Å². The van der Waals surface area contributed by atoms with E-state index in [4.69, 9.17) is 16.3 Å². The summed E-state index contributed by atoms with van der Waals surface area (Å²) >= 11 is 6.13. The molecule has 1 fully saturated rings. The van der Waals surface area contributed by atoms with Crippen LogP contribution in [0.2, 0.25) is 5.02 Å². The number of carbonyl (C=O) groups excluding carboxylic acids is 1. The molecule has 3 nitrogen and oxygen atoms in total. The fourth-order valence-electron chi connectivity index (χ4n) is 2.89. The number of aryl methyl sites for hydroxylation is 1. The minimum absolute atomic E-state index is 0.312. The summed E-state index contributed by atoms with van der Waals surface area (Å²) in [4.78, 5) is 12.4. The number of ether oxygens (including phenoxy) is 1. The van der Waals surface area contributed by atoms with Crippen LogP contribution in [0.5, 0.6) is 0 Å². The van der Waals surface area contributed by atoms with Gasteiger partial charge in [-0.05, 0) is 32.4 Å². The molecule has 1 aliphatic rings. The van der Waals surface area contributed by atoms with E-state index in [0.717, 1.165) is 31.5 Å². The van der Waals surface area contributed by atoms with E-state index < -0.39 is 5.60 Å². The topological polar surface area (TPSA) is 42.9 Å². The molecule has 110 valence electrons. The normalized spacial score (nSPS) is 17.0. The van der Waals surface area contributed by atoms with Crippen LogP contribution in [0, 0.1) is 12.8 Å². The van der Waals surface area contributed by atoms with Crippen molar-refractivity contribution in [3.05, 3.63) is 34.3 Å². The molecule has 1 saturated heterocycles. The van der Waals surface area contributed by atoms with Crippen molar-refractivity contribution in [1.82, 2.24) is 0 Å². The van der Waals surface area contributed by atoms with E-state index in [-0.39, 0.29) is 5.97 Å². The van der Waals surface area contributed by atoms with Crippen LogP contribution in [0.4, 0.5) is 0 Å². The molecule has 0 bridgehead atoms. The molecular weight excluding hydrogens is 274 g/mol. The third-order valence-corrected chi connectivity index (χ3v) is 4.52. The molecule has 0 atom stereocenters. The highest BCUT2D eigenvalue weighted by molar-refractivity contribution is 6.33. The van der Waals surface area contributed by atoms with Crippen LogP contribution < -0.4 is 5.32 Å². The number of nitrogens with two attached hydrogens (primary N) is 1. The van der Waals surface area contributed by atoms with Crippen LogP contribution in [-0.4, -0.2) is 24.7 Å². The highest BCUT2D eigenvalue weighted by Crippen LogP contribution is 2.30. The SMILES string of the molecule is Cc1cccc(Cl)c1C(=O)OC(C)(C)C1CC[NH2+]CC1. The van der Waals surface area contributed by atoms with E-state index in [1.54, 1.807) is 6.07 Å². The van der Waals surface area contributed by atoms with Crippen LogP contribution in [-0.2, 0) is 4.74 Å². The Bertz CT molecular complexity index is 473. The summed E-state index contributed by atoms with van der Waals surface area (Å²) in [7, 11) is 0. The lowest BCUT2D eigenvalue weighted by Crippen LogP contribution is -2.86. The predicted molar refractivity (Wildman–Crippen MR) is 80.1 cm³/mol. The van der Waals surface area contributed by atoms with Crippen molar-refractivity contribution in [1.29, 1.82) is 0 Å². The molecule has 1 aliphatic heterocycles. The standard InChI is InChI=1S/C16H22ClNO2/c1-11-5-4-6-13(17)14(11)15(19)20-16(2,3)12-7-9-18-10-8-12/h4-6,12,18H,7-10H2,1-3H3/p+1. The molecule has 0 amide bonds. The second kappa shape index (κ2) is 6.15. The lowest BCUT2D eigenvalue weighted by atomic mass is 9.83. The molecule has 1 aromatic rings. The summed E-state index contributed by atoms with van der Waals surface area (Å²) in [5.41, 5.74) is 0.900. The second-order valence-electron chi connectivity index (χ2n) is 6.07. The summed E-state index contributed by atoms with van der Waals surface area (Å²) in [6.45, 7) is 8.11. The van der Waals surface area contributed by atoms with Gasteiger partial charge >= 0.3 is 5.97 Å². The molecule has 0 spiro atoms. The van der Waals surface area contributed by atoms with Gasteiger partial charge in [-0.15, -0.1) is 0 Å². The molecule has 0 unspecified atom stereocenters. The lowest BCUT2D eigenvalue weighted by molar-refractivity contribution is -0.665. The fraction of sp³-hybridized carbons (Fsp3) is 0.562. The first-order valence-corrected chi connectivity index (χ1v) is 7.60. The van der Waals surface area contributed by atoms with Gasteiger partial charge in [0, 0.05) is 18.8 Å². The molecule has 1 aromatic carbocycles. The molecular formula is C16H23ClNO2+. The molecule has 0 aromatic heterocycles. The minimum atomic E-state index is -0.447. The maximum atomic E-state index is 12.4. The Balaban J connectivity index is 2.14. The largest absolute Gasteiger partial charge is 0.456 e. The van der Waals surface area contributed by atoms with Gasteiger partial charge in [-0.2, -0.15) is 0 Å². The van der Waals surface area contributed by atoms with Crippen molar-refractivity contribution in [2.45, 2.75) is 39.2 Å². The van der Waals surface area contributed by atoms with Crippen LogP contribution in [0.25, 0.3) is 0 Å². The summed E-state index contributed by atoms with van der Waals surface area (Å²) < 4.78 is 5.79. The Kier molecular flexibility index (Phi) is 4.71. The summed E-state index contributed by atoms with van der Waals surface area (Å²) in [6.07, 6.45) is 2.17. The Hall–Kier alpha value is -1.06. The zero-order chi connectivity index (χ0) is 14.8. The van der Waals surface area contributed by atoms with Gasteiger partial charge < -0.3 is 10.1 Å². The van der Waals surface area contributed by atoms with Crippen molar-refractivity contribution in [2.24, 2.45) is 5.92 Å². The maximum absolute atomic E-state index is 12.4. The van der Waals surface area contributed by atoms with Gasteiger partial charge in [0.2, 0.25) is 0 Å². The lowest BCUT2D eigenvalue weighted by Gasteiger charge is -2.35. The van der Waals surface area contributed by atoms with Crippen molar-refractivity contribution >= 4 is 17.6 Å². The zero-order valence-electron chi connectivity index (χ0n) is 12.4. The highest BCUT2D eigenvalue weighted by Gasteiger charge is 2.36. The third-order valence-electron chi connectivity index (χ3n) is 4.20. The maximum Gasteiger partial charge on any atom is 0.340 e. The van der Waals surface area contributed by atoms with Crippen LogP contribution in [0.15, 0.2) is 18.2 Å². The first-order chi connectivity index (χ1) is 9.42. The molecule has 20 heavy (non-hydrogen) atoms. The molecule has 0 saturated carbocycles. The average Bonchev–Trinajstić information content (AvgIpc) is 2.39. The number of hydrogen-bond acceptors (Lipinski definition) is 2. The van der Waals surface area contributed by atoms with Crippen LogP contribution in [0.1, 0.15) is 42.6 Å². The highest BCUT2D eigenvalue weighted by atomic mass is 35.5. The smallest absolute Gasteiger partial charge is 0.340 e. The number of quaternary nitrogens is 1. The molecule has 0 radical (unpaired) electrons. The van der Waals surface area contributed by atoms with E-state index in [1.807, 2.05) is 32.9 Å². The van der Waals surface area contributed by atoms with Crippen molar-refractivity contribution < 1.29 is 14.8 Å². The van der Waals surface area contributed by atoms with Crippen molar-refractivity contribution in [3.8, 4) is 0 Å². The van der Waals surface area contributed by atoms with Crippen LogP contribution in [0.3, 0.4) is 0 Å². The second-order valence-corrected chi connectivity index (χ2v) is 6.47. The van der Waals surface area contributed by atoms with Gasteiger partial charge in [-0.25, -0.2) is 4.79 Å². The molecule has 2 N–H and O–H groups in total. The Morgan fingerprint density at radius 1 is 1.35 bits per heavy atom. The van der Waals surface area contributed by atoms with Gasteiger partial charge in [0.15, 0.2) is 0 Å². The summed E-state index contributed by atoms with van der Waals surface area (Å²) in [5, 5.41) is 2.77.